The molecule has 0 spiro atoms. The molecule has 150 valence electrons. The summed E-state index contributed by atoms with van der Waals surface area (Å²) in [4.78, 5) is 2.24. The van der Waals surface area contributed by atoms with E-state index in [2.05, 4.69) is 54.8 Å². The Balaban J connectivity index is 1.85. The summed E-state index contributed by atoms with van der Waals surface area (Å²) in [6, 6.07) is 0. The highest BCUT2D eigenvalue weighted by atomic mass is 16.5. The predicted octanol–water partition coefficient (Wildman–Crippen LogP) is 4.09. The number of nitrogens with zero attached hydrogens (tertiary/aromatic N) is 2. The molecular weight excluding hydrogens is 336 g/mol. The van der Waals surface area contributed by atoms with Gasteiger partial charge in [0.2, 0.25) is 0 Å². The first-order valence-electron chi connectivity index (χ1n) is 10.7. The maximum absolute atomic E-state index is 11.4. The molecule has 1 atom stereocenters. The van der Waals surface area contributed by atoms with Crippen molar-refractivity contribution in [2.45, 2.75) is 57.4 Å². The van der Waals surface area contributed by atoms with E-state index in [0.717, 1.165) is 50.6 Å². The molecule has 0 aromatic heterocycles. The minimum Gasteiger partial charge on any atom is -0.510 e. The van der Waals surface area contributed by atoms with Crippen molar-refractivity contribution in [3.8, 4) is 0 Å². The molecule has 1 heterocycles. The second kappa shape index (κ2) is 9.20. The number of aliphatic hydroxyl groups is 1. The quantitative estimate of drug-likeness (QED) is 0.582. The second-order valence-corrected chi connectivity index (χ2v) is 8.48. The lowest BCUT2D eigenvalue weighted by atomic mass is 9.75. The van der Waals surface area contributed by atoms with Crippen LogP contribution < -0.4 is 0 Å². The average molecular weight is 374 g/mol. The van der Waals surface area contributed by atoms with Crippen molar-refractivity contribution in [3.63, 3.8) is 0 Å². The Bertz CT molecular complexity index is 613. The fraction of sp³-hybridized carbons (Fsp3) is 0.696. The molecule has 1 saturated heterocycles. The Morgan fingerprint density at radius 2 is 1.74 bits per heavy atom. The van der Waals surface area contributed by atoms with Crippen LogP contribution >= 0.6 is 0 Å². The van der Waals surface area contributed by atoms with Crippen LogP contribution in [0.3, 0.4) is 0 Å². The topological polar surface area (TPSA) is 35.7 Å². The summed E-state index contributed by atoms with van der Waals surface area (Å²) >= 11 is 0. The van der Waals surface area contributed by atoms with Gasteiger partial charge in [-0.2, -0.15) is 0 Å². The van der Waals surface area contributed by atoms with E-state index in [1.807, 2.05) is 0 Å². The van der Waals surface area contributed by atoms with Gasteiger partial charge in [0, 0.05) is 17.7 Å². The molecule has 1 saturated carbocycles. The van der Waals surface area contributed by atoms with Crippen LogP contribution in [0, 0.1) is 5.92 Å². The summed E-state index contributed by atoms with van der Waals surface area (Å²) in [5, 5.41) is 11.4. The van der Waals surface area contributed by atoms with Crippen molar-refractivity contribution in [1.29, 1.82) is 0 Å². The van der Waals surface area contributed by atoms with Crippen molar-refractivity contribution >= 4 is 5.71 Å². The first-order chi connectivity index (χ1) is 13.1. The lowest BCUT2D eigenvalue weighted by Gasteiger charge is -2.42. The van der Waals surface area contributed by atoms with Crippen molar-refractivity contribution in [3.05, 3.63) is 35.6 Å². The lowest BCUT2D eigenvalue weighted by Crippen LogP contribution is -2.47. The highest BCUT2D eigenvalue weighted by Crippen LogP contribution is 2.39. The number of allylic oxidation sites excluding steroid dienone is 5. The van der Waals surface area contributed by atoms with Crippen LogP contribution in [0.15, 0.2) is 35.6 Å². The molecule has 4 heteroatoms. The standard InChI is InChI=1S/C23H36N2O2/c1-4-23(24(2)3,18-19-8-6-5-7-9-19)22(26)20-10-12-21(13-11-20)25-14-16-27-17-15-25/h10-13,19H,4-9,14-18H2,1-3H3/p+1. The number of morpholine rings is 1. The van der Waals surface area contributed by atoms with E-state index in [9.17, 15) is 5.11 Å². The average Bonchev–Trinajstić information content (AvgIpc) is 2.73. The minimum atomic E-state index is -0.275. The summed E-state index contributed by atoms with van der Waals surface area (Å²) in [7, 11) is 4.23. The van der Waals surface area contributed by atoms with Gasteiger partial charge in [0.1, 0.15) is 19.0 Å². The van der Waals surface area contributed by atoms with E-state index in [0.29, 0.717) is 5.76 Å². The molecule has 3 rings (SSSR count). The van der Waals surface area contributed by atoms with Gasteiger partial charge < -0.3 is 9.84 Å². The van der Waals surface area contributed by atoms with Crippen LogP contribution in [0.5, 0.6) is 0 Å². The molecule has 1 unspecified atom stereocenters. The monoisotopic (exact) mass is 373 g/mol. The molecule has 0 bridgehead atoms. The number of ether oxygens (including phenoxy) is 1. The van der Waals surface area contributed by atoms with Crippen molar-refractivity contribution in [2.24, 2.45) is 5.92 Å². The normalized spacial score (nSPS) is 23.8. The van der Waals surface area contributed by atoms with Gasteiger partial charge in [0.15, 0.2) is 18.8 Å². The summed E-state index contributed by atoms with van der Waals surface area (Å²) in [5.74, 6) is 1.25. The minimum absolute atomic E-state index is 0.275. The molecule has 1 N–H and O–H groups in total. The Morgan fingerprint density at radius 3 is 2.30 bits per heavy atom. The van der Waals surface area contributed by atoms with Gasteiger partial charge in [-0.05, 0) is 45.0 Å². The van der Waals surface area contributed by atoms with Crippen LogP contribution in [0.4, 0.5) is 0 Å². The molecular formula is C23H37N2O2+. The summed E-state index contributed by atoms with van der Waals surface area (Å²) in [6.07, 6.45) is 17.1. The molecule has 3 aliphatic rings. The SMILES string of the molecule is CCC(CC1CCCCC1)(C(O)=C1C=CC(=[N+]2CCOCC2)C=C1)N(C)C. The summed E-state index contributed by atoms with van der Waals surface area (Å²) < 4.78 is 7.80. The zero-order valence-electron chi connectivity index (χ0n) is 17.4. The number of aliphatic hydroxyl groups excluding tert-OH is 1. The fourth-order valence-corrected chi connectivity index (χ4v) is 4.91. The number of rotatable bonds is 5. The Morgan fingerprint density at radius 1 is 1.11 bits per heavy atom. The first-order valence-corrected chi connectivity index (χ1v) is 10.7. The van der Waals surface area contributed by atoms with Gasteiger partial charge in [0.05, 0.1) is 5.54 Å². The number of hydrogen-bond acceptors (Lipinski definition) is 3. The van der Waals surface area contributed by atoms with E-state index in [-0.39, 0.29) is 5.54 Å². The third-order valence-corrected chi connectivity index (χ3v) is 6.75. The maximum atomic E-state index is 11.4. The molecule has 4 nitrogen and oxygen atoms in total. The Hall–Kier alpha value is -1.39. The molecule has 2 fully saturated rings. The predicted molar refractivity (Wildman–Crippen MR) is 112 cm³/mol. The van der Waals surface area contributed by atoms with E-state index in [1.54, 1.807) is 0 Å². The Kier molecular flexibility index (Phi) is 6.93. The van der Waals surface area contributed by atoms with E-state index >= 15 is 0 Å². The highest BCUT2D eigenvalue weighted by Gasteiger charge is 2.39. The van der Waals surface area contributed by atoms with Gasteiger partial charge in [0.25, 0.3) is 0 Å². The number of likely N-dealkylation sites (N-methyl/N-ethyl adjacent to an activating group) is 1. The fourth-order valence-electron chi connectivity index (χ4n) is 4.91. The van der Waals surface area contributed by atoms with Crippen LogP contribution in [0.1, 0.15) is 51.9 Å². The zero-order valence-corrected chi connectivity index (χ0v) is 17.4. The Labute approximate surface area is 164 Å². The molecule has 2 aliphatic carbocycles. The third-order valence-electron chi connectivity index (χ3n) is 6.75. The van der Waals surface area contributed by atoms with E-state index in [1.165, 1.54) is 37.8 Å². The lowest BCUT2D eigenvalue weighted by molar-refractivity contribution is -0.547. The largest absolute Gasteiger partial charge is 0.510 e. The number of hydrogen-bond donors (Lipinski definition) is 1. The smallest absolute Gasteiger partial charge is 0.200 e. The van der Waals surface area contributed by atoms with Crippen molar-refractivity contribution < 1.29 is 14.4 Å². The molecule has 27 heavy (non-hydrogen) atoms. The van der Waals surface area contributed by atoms with Gasteiger partial charge in [-0.1, -0.05) is 39.0 Å². The van der Waals surface area contributed by atoms with E-state index < -0.39 is 0 Å². The van der Waals surface area contributed by atoms with Crippen LogP contribution in [0.25, 0.3) is 0 Å². The first kappa shape index (κ1) is 20.3. The van der Waals surface area contributed by atoms with Gasteiger partial charge >= 0.3 is 0 Å². The van der Waals surface area contributed by atoms with Crippen LogP contribution in [-0.2, 0) is 4.74 Å². The maximum Gasteiger partial charge on any atom is 0.200 e. The molecule has 1 aliphatic heterocycles. The summed E-state index contributed by atoms with van der Waals surface area (Å²) in [5.41, 5.74) is 1.90. The van der Waals surface area contributed by atoms with Crippen LogP contribution in [0.2, 0.25) is 0 Å². The van der Waals surface area contributed by atoms with Gasteiger partial charge in [-0.25, -0.2) is 4.58 Å². The zero-order chi connectivity index (χ0) is 19.3. The van der Waals surface area contributed by atoms with Gasteiger partial charge in [-0.15, -0.1) is 0 Å². The van der Waals surface area contributed by atoms with Crippen molar-refractivity contribution in [1.82, 2.24) is 4.90 Å². The van der Waals surface area contributed by atoms with E-state index in [4.69, 9.17) is 4.74 Å². The van der Waals surface area contributed by atoms with Crippen molar-refractivity contribution in [2.75, 3.05) is 40.4 Å². The molecule has 0 amide bonds. The summed E-state index contributed by atoms with van der Waals surface area (Å²) in [6.45, 7) is 5.67. The molecule has 0 aromatic rings. The highest BCUT2D eigenvalue weighted by molar-refractivity contribution is 6.02. The second-order valence-electron chi connectivity index (χ2n) is 8.48. The molecule has 0 aromatic carbocycles. The molecule has 0 radical (unpaired) electrons. The van der Waals surface area contributed by atoms with Crippen LogP contribution in [-0.4, -0.2) is 66.2 Å². The third kappa shape index (κ3) is 4.55. The van der Waals surface area contributed by atoms with Gasteiger partial charge in [-0.3, -0.25) is 4.90 Å².